The predicted molar refractivity (Wildman–Crippen MR) is 84.1 cm³/mol. The highest BCUT2D eigenvalue weighted by Crippen LogP contribution is 2.28. The minimum absolute atomic E-state index is 0.135. The molecule has 1 aromatic heterocycles. The van der Waals surface area contributed by atoms with Gasteiger partial charge in [0.25, 0.3) is 5.91 Å². The predicted octanol–water partition coefficient (Wildman–Crippen LogP) is 2.95. The Balaban J connectivity index is 1.76. The van der Waals surface area contributed by atoms with Crippen LogP contribution in [-0.2, 0) is 0 Å². The topological polar surface area (TPSA) is 64.1 Å². The summed E-state index contributed by atoms with van der Waals surface area (Å²) in [5, 5.41) is 11.3. The molecular weight excluding hydrogens is 302 g/mol. The van der Waals surface area contributed by atoms with E-state index in [1.165, 1.54) is 20.0 Å². The number of amides is 1. The van der Waals surface area contributed by atoms with Crippen molar-refractivity contribution in [1.82, 2.24) is 15.5 Å². The van der Waals surface area contributed by atoms with Crippen LogP contribution in [0.15, 0.2) is 30.3 Å². The van der Waals surface area contributed by atoms with Crippen LogP contribution in [0, 0.1) is 5.92 Å². The molecule has 6 heteroatoms. The third-order valence-electron chi connectivity index (χ3n) is 3.61. The summed E-state index contributed by atoms with van der Waals surface area (Å²) in [5.41, 5.74) is 1.96. The van der Waals surface area contributed by atoms with Gasteiger partial charge in [0.05, 0.1) is 23.4 Å². The van der Waals surface area contributed by atoms with Crippen LogP contribution in [0.25, 0.3) is 11.3 Å². The molecule has 1 saturated carbocycles. The summed E-state index contributed by atoms with van der Waals surface area (Å²) < 4.78 is 4.98. The molecular formula is C16H16ClN3O2. The maximum absolute atomic E-state index is 12.1. The number of nitrogens with one attached hydrogen (secondary N) is 1. The molecule has 114 valence electrons. The Morgan fingerprint density at radius 2 is 2.14 bits per heavy atom. The zero-order valence-electron chi connectivity index (χ0n) is 12.2. The van der Waals surface area contributed by atoms with Crippen molar-refractivity contribution in [2.75, 3.05) is 13.7 Å². The van der Waals surface area contributed by atoms with Crippen LogP contribution < -0.4 is 10.1 Å². The minimum atomic E-state index is -0.135. The standard InChI is InChI=1S/C16H16ClN3O2/c1-22-15-7-6-14(19-20-15)11-4-5-12(13(17)8-11)16(21)18-9-10-2-3-10/h4-8,10H,2-3,9H2,1H3,(H,18,21). The molecule has 22 heavy (non-hydrogen) atoms. The number of carbonyl (C=O) groups is 1. The van der Waals surface area contributed by atoms with Crippen LogP contribution >= 0.6 is 11.6 Å². The van der Waals surface area contributed by atoms with Crippen molar-refractivity contribution in [2.45, 2.75) is 12.8 Å². The molecule has 3 rings (SSSR count). The van der Waals surface area contributed by atoms with Gasteiger partial charge in [-0.2, -0.15) is 0 Å². The van der Waals surface area contributed by atoms with Crippen LogP contribution in [0.5, 0.6) is 5.88 Å². The van der Waals surface area contributed by atoms with E-state index in [0.29, 0.717) is 28.1 Å². The van der Waals surface area contributed by atoms with Gasteiger partial charge in [-0.05, 0) is 37.0 Å². The Bertz CT molecular complexity index is 684. The molecule has 0 bridgehead atoms. The smallest absolute Gasteiger partial charge is 0.252 e. The Morgan fingerprint density at radius 1 is 1.32 bits per heavy atom. The van der Waals surface area contributed by atoms with Gasteiger partial charge >= 0.3 is 0 Å². The number of halogens is 1. The lowest BCUT2D eigenvalue weighted by Crippen LogP contribution is -2.25. The molecule has 0 spiro atoms. The maximum Gasteiger partial charge on any atom is 0.252 e. The van der Waals surface area contributed by atoms with Crippen molar-refractivity contribution in [3.05, 3.63) is 40.9 Å². The average molecular weight is 318 g/mol. The fraction of sp³-hybridized carbons (Fsp3) is 0.312. The Morgan fingerprint density at radius 3 is 2.73 bits per heavy atom. The Labute approximate surface area is 133 Å². The van der Waals surface area contributed by atoms with Gasteiger partial charge in [-0.3, -0.25) is 4.79 Å². The summed E-state index contributed by atoms with van der Waals surface area (Å²) in [6.07, 6.45) is 2.40. The zero-order valence-corrected chi connectivity index (χ0v) is 12.9. The van der Waals surface area contributed by atoms with Gasteiger partial charge in [0.2, 0.25) is 5.88 Å². The molecule has 0 radical (unpaired) electrons. The van der Waals surface area contributed by atoms with Crippen molar-refractivity contribution < 1.29 is 9.53 Å². The van der Waals surface area contributed by atoms with Crippen LogP contribution in [0.2, 0.25) is 5.02 Å². The van der Waals surface area contributed by atoms with Crippen LogP contribution in [0.1, 0.15) is 23.2 Å². The quantitative estimate of drug-likeness (QED) is 0.921. The minimum Gasteiger partial charge on any atom is -0.480 e. The van der Waals surface area contributed by atoms with E-state index in [1.54, 1.807) is 24.3 Å². The number of ether oxygens (including phenoxy) is 1. The van der Waals surface area contributed by atoms with Crippen LogP contribution in [-0.4, -0.2) is 29.8 Å². The number of rotatable bonds is 5. The van der Waals surface area contributed by atoms with Crippen molar-refractivity contribution in [3.63, 3.8) is 0 Å². The highest BCUT2D eigenvalue weighted by Gasteiger charge is 2.22. The lowest BCUT2D eigenvalue weighted by Gasteiger charge is -2.08. The first kappa shape index (κ1) is 14.8. The van der Waals surface area contributed by atoms with Gasteiger partial charge in [0, 0.05) is 18.2 Å². The first-order valence-corrected chi connectivity index (χ1v) is 7.51. The van der Waals surface area contributed by atoms with Crippen LogP contribution in [0.4, 0.5) is 0 Å². The van der Waals surface area contributed by atoms with Crippen molar-refractivity contribution in [2.24, 2.45) is 5.92 Å². The second-order valence-corrected chi connectivity index (χ2v) is 5.72. The molecule has 1 aliphatic carbocycles. The highest BCUT2D eigenvalue weighted by atomic mass is 35.5. The van der Waals surface area contributed by atoms with Crippen molar-refractivity contribution in [3.8, 4) is 17.1 Å². The summed E-state index contributed by atoms with van der Waals surface area (Å²) in [6.45, 7) is 0.723. The molecule has 0 aliphatic heterocycles. The number of methoxy groups -OCH3 is 1. The number of aromatic nitrogens is 2. The van der Waals surface area contributed by atoms with E-state index in [-0.39, 0.29) is 5.91 Å². The number of hydrogen-bond acceptors (Lipinski definition) is 4. The third-order valence-corrected chi connectivity index (χ3v) is 3.92. The summed E-state index contributed by atoms with van der Waals surface area (Å²) in [6, 6.07) is 8.78. The van der Waals surface area contributed by atoms with Gasteiger partial charge in [0.15, 0.2) is 0 Å². The molecule has 1 aliphatic rings. The van der Waals surface area contributed by atoms with E-state index in [2.05, 4.69) is 15.5 Å². The molecule has 1 N–H and O–H groups in total. The molecule has 1 heterocycles. The maximum atomic E-state index is 12.1. The second kappa shape index (κ2) is 6.32. The molecule has 1 aromatic carbocycles. The molecule has 1 amide bonds. The fourth-order valence-corrected chi connectivity index (χ4v) is 2.36. The van der Waals surface area contributed by atoms with Gasteiger partial charge in [0.1, 0.15) is 0 Å². The number of nitrogens with zero attached hydrogens (tertiary/aromatic N) is 2. The average Bonchev–Trinajstić information content (AvgIpc) is 3.37. The summed E-state index contributed by atoms with van der Waals surface area (Å²) >= 11 is 6.23. The van der Waals surface area contributed by atoms with E-state index >= 15 is 0 Å². The first-order chi connectivity index (χ1) is 10.7. The number of carbonyl (C=O) groups excluding carboxylic acids is 1. The Hall–Kier alpha value is -2.14. The summed E-state index contributed by atoms with van der Waals surface area (Å²) in [5.74, 6) is 0.951. The third kappa shape index (κ3) is 3.36. The van der Waals surface area contributed by atoms with Gasteiger partial charge in [-0.1, -0.05) is 17.7 Å². The largest absolute Gasteiger partial charge is 0.480 e. The van der Waals surface area contributed by atoms with E-state index in [9.17, 15) is 4.79 Å². The number of hydrogen-bond donors (Lipinski definition) is 1. The first-order valence-electron chi connectivity index (χ1n) is 7.13. The fourth-order valence-electron chi connectivity index (χ4n) is 2.10. The van der Waals surface area contributed by atoms with Gasteiger partial charge in [-0.15, -0.1) is 10.2 Å². The lowest BCUT2D eigenvalue weighted by molar-refractivity contribution is 0.0952. The number of benzene rings is 1. The molecule has 0 saturated heterocycles. The zero-order chi connectivity index (χ0) is 15.5. The van der Waals surface area contributed by atoms with Crippen LogP contribution in [0.3, 0.4) is 0 Å². The molecule has 2 aromatic rings. The van der Waals surface area contributed by atoms with Crippen molar-refractivity contribution >= 4 is 17.5 Å². The second-order valence-electron chi connectivity index (χ2n) is 5.31. The summed E-state index contributed by atoms with van der Waals surface area (Å²) in [7, 11) is 1.54. The van der Waals surface area contributed by atoms with E-state index < -0.39 is 0 Å². The molecule has 5 nitrogen and oxygen atoms in total. The van der Waals surface area contributed by atoms with Gasteiger partial charge < -0.3 is 10.1 Å². The molecule has 0 atom stereocenters. The normalized spacial score (nSPS) is 13.7. The van der Waals surface area contributed by atoms with E-state index in [1.807, 2.05) is 6.07 Å². The van der Waals surface area contributed by atoms with Crippen molar-refractivity contribution in [1.29, 1.82) is 0 Å². The lowest BCUT2D eigenvalue weighted by atomic mass is 10.1. The van der Waals surface area contributed by atoms with E-state index in [4.69, 9.17) is 16.3 Å². The summed E-state index contributed by atoms with van der Waals surface area (Å²) in [4.78, 5) is 12.1. The van der Waals surface area contributed by atoms with E-state index in [0.717, 1.165) is 12.1 Å². The molecule has 0 unspecified atom stereocenters. The highest BCUT2D eigenvalue weighted by molar-refractivity contribution is 6.34. The SMILES string of the molecule is COc1ccc(-c2ccc(C(=O)NCC3CC3)c(Cl)c2)nn1. The monoisotopic (exact) mass is 317 g/mol. The molecule has 1 fully saturated rings. The van der Waals surface area contributed by atoms with Gasteiger partial charge in [-0.25, -0.2) is 0 Å². The Kier molecular flexibility index (Phi) is 4.24.